The first-order valence-electron chi connectivity index (χ1n) is 7.00. The molecule has 1 saturated heterocycles. The van der Waals surface area contributed by atoms with Gasteiger partial charge in [0.15, 0.2) is 0 Å². The molecule has 0 aromatic heterocycles. The third kappa shape index (κ3) is 2.50. The predicted molar refractivity (Wildman–Crippen MR) is 79.3 cm³/mol. The second kappa shape index (κ2) is 5.26. The zero-order valence-corrected chi connectivity index (χ0v) is 12.3. The van der Waals surface area contributed by atoms with Crippen molar-refractivity contribution >= 4 is 23.2 Å². The molecule has 2 aliphatic rings. The number of methoxy groups -OCH3 is 1. The Morgan fingerprint density at radius 2 is 2.20 bits per heavy atom. The molecule has 1 aliphatic heterocycles. The smallest absolute Gasteiger partial charge is 0.228 e. The van der Waals surface area contributed by atoms with Crippen molar-refractivity contribution in [2.45, 2.75) is 19.3 Å². The zero-order valence-electron chi connectivity index (χ0n) is 11.5. The van der Waals surface area contributed by atoms with Crippen LogP contribution in [0.2, 0.25) is 5.02 Å². The average molecular weight is 295 g/mol. The lowest BCUT2D eigenvalue weighted by atomic mass is 9.92. The van der Waals surface area contributed by atoms with Crippen LogP contribution >= 0.6 is 11.6 Å². The molecule has 1 heterocycles. The van der Waals surface area contributed by atoms with Crippen LogP contribution in [-0.4, -0.2) is 26.1 Å². The van der Waals surface area contributed by atoms with Crippen LogP contribution in [0.15, 0.2) is 18.2 Å². The summed E-state index contributed by atoms with van der Waals surface area (Å²) >= 11 is 5.98. The number of carbonyl (C=O) groups is 1. The quantitative estimate of drug-likeness (QED) is 0.901. The minimum absolute atomic E-state index is 0.0902. The van der Waals surface area contributed by atoms with Crippen LogP contribution in [0.5, 0.6) is 5.75 Å². The molecule has 1 saturated carbocycles. The lowest BCUT2D eigenvalue weighted by Gasteiger charge is -2.23. The lowest BCUT2D eigenvalue weighted by molar-refractivity contribution is -0.118. The topological polar surface area (TPSA) is 50.4 Å². The number of halogens is 1. The summed E-state index contributed by atoms with van der Waals surface area (Å²) in [5, 5.41) is 6.90. The van der Waals surface area contributed by atoms with Crippen LogP contribution in [0.3, 0.4) is 0 Å². The molecule has 4 nitrogen and oxygen atoms in total. The average Bonchev–Trinajstić information content (AvgIpc) is 3.13. The molecule has 1 spiro atoms. The summed E-state index contributed by atoms with van der Waals surface area (Å²) in [4.78, 5) is 12.4. The zero-order chi connectivity index (χ0) is 14.2. The van der Waals surface area contributed by atoms with Gasteiger partial charge in [-0.15, -0.1) is 0 Å². The standard InChI is InChI=1S/C15H19ClN2O2/c1-20-13-3-2-10(16)8-12(13)18-14(19)11-9-15(11)4-6-17-7-5-15/h2-3,8,11,17H,4-7,9H2,1H3,(H,18,19). The van der Waals surface area contributed by atoms with E-state index >= 15 is 0 Å². The normalized spacial score (nSPS) is 23.4. The summed E-state index contributed by atoms with van der Waals surface area (Å²) < 4.78 is 5.25. The Bertz CT molecular complexity index is 527. The van der Waals surface area contributed by atoms with Crippen molar-refractivity contribution in [3.05, 3.63) is 23.2 Å². The van der Waals surface area contributed by atoms with Gasteiger partial charge in [-0.1, -0.05) is 11.6 Å². The lowest BCUT2D eigenvalue weighted by Crippen LogP contribution is -2.31. The number of amides is 1. The number of benzene rings is 1. The Balaban J connectivity index is 1.69. The van der Waals surface area contributed by atoms with Gasteiger partial charge in [0.25, 0.3) is 0 Å². The molecule has 1 aromatic carbocycles. The number of piperidine rings is 1. The number of hydrogen-bond donors (Lipinski definition) is 2. The number of nitrogens with one attached hydrogen (secondary N) is 2. The molecule has 5 heteroatoms. The highest BCUT2D eigenvalue weighted by Crippen LogP contribution is 2.58. The highest BCUT2D eigenvalue weighted by molar-refractivity contribution is 6.31. The van der Waals surface area contributed by atoms with Crippen LogP contribution in [-0.2, 0) is 4.79 Å². The van der Waals surface area contributed by atoms with Crippen molar-refractivity contribution in [2.75, 3.05) is 25.5 Å². The van der Waals surface area contributed by atoms with E-state index in [2.05, 4.69) is 10.6 Å². The summed E-state index contributed by atoms with van der Waals surface area (Å²) in [6.45, 7) is 2.04. The SMILES string of the molecule is COc1ccc(Cl)cc1NC(=O)C1CC12CCNCC2. The van der Waals surface area contributed by atoms with Crippen LogP contribution < -0.4 is 15.4 Å². The number of carbonyl (C=O) groups excluding carboxylic acids is 1. The maximum Gasteiger partial charge on any atom is 0.228 e. The van der Waals surface area contributed by atoms with E-state index in [4.69, 9.17) is 16.3 Å². The maximum absolute atomic E-state index is 12.4. The largest absolute Gasteiger partial charge is 0.495 e. The van der Waals surface area contributed by atoms with Gasteiger partial charge in [0.2, 0.25) is 5.91 Å². The fourth-order valence-electron chi connectivity index (χ4n) is 3.19. The molecule has 20 heavy (non-hydrogen) atoms. The Labute approximate surface area is 123 Å². The molecule has 3 rings (SSSR count). The van der Waals surface area contributed by atoms with Crippen molar-refractivity contribution in [1.82, 2.24) is 5.32 Å². The highest BCUT2D eigenvalue weighted by Gasteiger charge is 2.57. The van der Waals surface area contributed by atoms with Crippen LogP contribution in [0.1, 0.15) is 19.3 Å². The van der Waals surface area contributed by atoms with Crippen molar-refractivity contribution in [3.8, 4) is 5.75 Å². The van der Waals surface area contributed by atoms with E-state index in [9.17, 15) is 4.79 Å². The third-order valence-corrected chi connectivity index (χ3v) is 4.76. The van der Waals surface area contributed by atoms with Gasteiger partial charge in [-0.05, 0) is 56.0 Å². The van der Waals surface area contributed by atoms with E-state index in [1.54, 1.807) is 25.3 Å². The van der Waals surface area contributed by atoms with Gasteiger partial charge in [-0.2, -0.15) is 0 Å². The Hall–Kier alpha value is -1.26. The molecular weight excluding hydrogens is 276 g/mol. The molecule has 1 aromatic rings. The fourth-order valence-corrected chi connectivity index (χ4v) is 3.37. The first kappa shape index (κ1) is 13.7. The van der Waals surface area contributed by atoms with E-state index < -0.39 is 0 Å². The number of anilines is 1. The van der Waals surface area contributed by atoms with Crippen LogP contribution in [0, 0.1) is 11.3 Å². The minimum atomic E-state index is 0.0902. The van der Waals surface area contributed by atoms with E-state index in [0.717, 1.165) is 32.4 Å². The van der Waals surface area contributed by atoms with E-state index in [1.807, 2.05) is 0 Å². The summed E-state index contributed by atoms with van der Waals surface area (Å²) in [6, 6.07) is 5.25. The molecule has 1 atom stereocenters. The van der Waals surface area contributed by atoms with Gasteiger partial charge in [0.05, 0.1) is 12.8 Å². The number of ether oxygens (including phenoxy) is 1. The van der Waals surface area contributed by atoms with E-state index in [0.29, 0.717) is 16.5 Å². The molecule has 0 radical (unpaired) electrons. The van der Waals surface area contributed by atoms with Crippen LogP contribution in [0.4, 0.5) is 5.69 Å². The second-order valence-corrected chi connectivity index (χ2v) is 6.14. The molecule has 2 fully saturated rings. The molecule has 2 N–H and O–H groups in total. The van der Waals surface area contributed by atoms with Gasteiger partial charge < -0.3 is 15.4 Å². The monoisotopic (exact) mass is 294 g/mol. The molecule has 0 bridgehead atoms. The van der Waals surface area contributed by atoms with Crippen molar-refractivity contribution in [1.29, 1.82) is 0 Å². The van der Waals surface area contributed by atoms with Crippen molar-refractivity contribution in [3.63, 3.8) is 0 Å². The first-order valence-corrected chi connectivity index (χ1v) is 7.37. The van der Waals surface area contributed by atoms with Crippen molar-refractivity contribution < 1.29 is 9.53 Å². The van der Waals surface area contributed by atoms with Crippen LogP contribution in [0.25, 0.3) is 0 Å². The highest BCUT2D eigenvalue weighted by atomic mass is 35.5. The molecular formula is C15H19ClN2O2. The fraction of sp³-hybridized carbons (Fsp3) is 0.533. The number of hydrogen-bond acceptors (Lipinski definition) is 3. The first-order chi connectivity index (χ1) is 9.64. The predicted octanol–water partition coefficient (Wildman–Crippen LogP) is 2.68. The van der Waals surface area contributed by atoms with Crippen molar-refractivity contribution in [2.24, 2.45) is 11.3 Å². The minimum Gasteiger partial charge on any atom is -0.495 e. The molecule has 1 amide bonds. The Kier molecular flexibility index (Phi) is 3.61. The summed E-state index contributed by atoms with van der Waals surface area (Å²) in [5.74, 6) is 0.864. The second-order valence-electron chi connectivity index (χ2n) is 5.70. The van der Waals surface area contributed by atoms with Gasteiger partial charge in [-0.3, -0.25) is 4.79 Å². The summed E-state index contributed by atoms with van der Waals surface area (Å²) in [6.07, 6.45) is 3.19. The van der Waals surface area contributed by atoms with Gasteiger partial charge in [0.1, 0.15) is 5.75 Å². The molecule has 1 aliphatic carbocycles. The number of rotatable bonds is 3. The Morgan fingerprint density at radius 3 is 2.90 bits per heavy atom. The van der Waals surface area contributed by atoms with Gasteiger partial charge >= 0.3 is 0 Å². The van der Waals surface area contributed by atoms with Gasteiger partial charge in [0, 0.05) is 10.9 Å². The molecule has 1 unspecified atom stereocenters. The summed E-state index contributed by atoms with van der Waals surface area (Å²) in [5.41, 5.74) is 0.891. The maximum atomic E-state index is 12.4. The van der Waals surface area contributed by atoms with Gasteiger partial charge in [-0.25, -0.2) is 0 Å². The third-order valence-electron chi connectivity index (χ3n) is 4.52. The van der Waals surface area contributed by atoms with E-state index in [-0.39, 0.29) is 17.2 Å². The Morgan fingerprint density at radius 1 is 1.45 bits per heavy atom. The van der Waals surface area contributed by atoms with E-state index in [1.165, 1.54) is 0 Å². The molecule has 108 valence electrons. The summed E-state index contributed by atoms with van der Waals surface area (Å²) in [7, 11) is 1.59.